The predicted molar refractivity (Wildman–Crippen MR) is 382 cm³/mol. The van der Waals surface area contributed by atoms with Gasteiger partial charge in [-0.05, 0) is 161 Å². The minimum atomic E-state index is -1.14. The van der Waals surface area contributed by atoms with Gasteiger partial charge >= 0.3 is 12.2 Å². The molecule has 6 aromatic carbocycles. The quantitative estimate of drug-likeness (QED) is 0.0244. The maximum Gasteiger partial charge on any atom is 0.419 e. The van der Waals surface area contributed by atoms with E-state index in [0.29, 0.717) is 85.6 Å². The highest BCUT2D eigenvalue weighted by molar-refractivity contribution is 6.17. The summed E-state index contributed by atoms with van der Waals surface area (Å²) >= 11 is 0. The molecule has 6 amide bonds. The average molecular weight is 1310 g/mol. The highest BCUT2D eigenvalue weighted by atomic mass is 16.6. The van der Waals surface area contributed by atoms with Gasteiger partial charge in [0.05, 0.1) is 49.2 Å². The SMILES string of the molecule is CC(C)c1ccc(NC(=O)C(NCC(C)N2CCOCC2)c2ccc(/C=C(\C(=O)Nc3ccccc3N)N(C(=O)OC(C)(C)C)c3ccccc3NC(=O)/C=C/c3ccc(C(C(=O)Nc4ccc(C(C)C)cc4)N(CC(C)N4CCOCC4)C(=O)OC(C)(C)C)cc3)cc2)cc1. The van der Waals surface area contributed by atoms with E-state index in [4.69, 9.17) is 24.7 Å². The Bertz CT molecular complexity index is 3660. The molecular weight excluding hydrogens is 1210 g/mol. The summed E-state index contributed by atoms with van der Waals surface area (Å²) in [6.07, 6.45) is 2.85. The molecule has 2 heterocycles. The maximum atomic E-state index is 15.1. The van der Waals surface area contributed by atoms with Crippen LogP contribution in [-0.4, -0.2) is 139 Å². The number of carbonyl (C=O) groups is 6. The molecule has 0 saturated carbocycles. The summed E-state index contributed by atoms with van der Waals surface area (Å²) in [4.78, 5) is 95.0. The van der Waals surface area contributed by atoms with Crippen molar-refractivity contribution in [3.05, 3.63) is 191 Å². The Morgan fingerprint density at radius 2 is 1.02 bits per heavy atom. The number of rotatable bonds is 24. The third-order valence-electron chi connectivity index (χ3n) is 16.5. The van der Waals surface area contributed by atoms with Crippen LogP contribution in [0.3, 0.4) is 0 Å². The van der Waals surface area contributed by atoms with Crippen LogP contribution in [0.1, 0.15) is 140 Å². The number of nitrogens with zero attached hydrogens (tertiary/aromatic N) is 4. The van der Waals surface area contributed by atoms with E-state index in [2.05, 4.69) is 71.0 Å². The molecule has 0 aromatic heterocycles. The van der Waals surface area contributed by atoms with Crippen LogP contribution in [0.15, 0.2) is 157 Å². The number of nitrogens with two attached hydrogens (primary N) is 1. The molecule has 20 nitrogen and oxygen atoms in total. The first kappa shape index (κ1) is 72.6. The second kappa shape index (κ2) is 33.5. The van der Waals surface area contributed by atoms with Gasteiger partial charge in [0.2, 0.25) is 11.8 Å². The normalized spacial score (nSPS) is 15.5. The Morgan fingerprint density at radius 1 is 0.542 bits per heavy atom. The summed E-state index contributed by atoms with van der Waals surface area (Å²) in [6, 6.07) is 40.8. The zero-order valence-electron chi connectivity index (χ0n) is 57.6. The number of benzene rings is 6. The van der Waals surface area contributed by atoms with Crippen LogP contribution >= 0.6 is 0 Å². The highest BCUT2D eigenvalue weighted by Crippen LogP contribution is 2.34. The molecule has 4 unspecified atom stereocenters. The van der Waals surface area contributed by atoms with Gasteiger partial charge in [-0.1, -0.05) is 125 Å². The van der Waals surface area contributed by atoms with Crippen molar-refractivity contribution in [1.29, 1.82) is 0 Å². The number of nitrogens with one attached hydrogen (secondary N) is 5. The molecule has 510 valence electrons. The standard InChI is InChI=1S/C76H96N10O10/c1-50(2)56-30-34-60(35-31-56)79-71(89)68(78-48-52(5)83-39-43-93-44-40-83)58-26-23-55(24-27-58)47-66(70(88)82-63-18-14-13-17-62(63)77)86(74(92)96-76(10,11)12)65-20-16-15-19-64(65)81-67(87)38-25-54-21-28-59(29-22-54)69(72(90)80-61-36-32-57(33-37-61)51(3)4)85(73(91)95-75(7,8)9)49-53(6)84-41-45-94-46-42-84/h13-38,47,50-53,68-69,78H,39-46,48-49,77H2,1-12H3,(H,79,89)(H,80,90)(H,81,87)(H,82,88)/b38-25+,66-47+. The molecule has 7 N–H and O–H groups in total. The molecule has 4 atom stereocenters. The zero-order valence-corrected chi connectivity index (χ0v) is 57.6. The van der Waals surface area contributed by atoms with Crippen LogP contribution in [0, 0.1) is 0 Å². The molecule has 0 radical (unpaired) electrons. The Kier molecular flexibility index (Phi) is 25.3. The van der Waals surface area contributed by atoms with E-state index in [9.17, 15) is 24.0 Å². The van der Waals surface area contributed by atoms with Gasteiger partial charge in [-0.25, -0.2) is 14.5 Å². The van der Waals surface area contributed by atoms with Crippen molar-refractivity contribution in [1.82, 2.24) is 20.0 Å². The second-order valence-electron chi connectivity index (χ2n) is 27.0. The molecule has 8 rings (SSSR count). The predicted octanol–water partition coefficient (Wildman–Crippen LogP) is 13.2. The molecule has 96 heavy (non-hydrogen) atoms. The Hall–Kier alpha value is -9.18. The van der Waals surface area contributed by atoms with Crippen molar-refractivity contribution in [2.45, 2.75) is 130 Å². The summed E-state index contributed by atoms with van der Waals surface area (Å²) < 4.78 is 23.3. The first-order valence-corrected chi connectivity index (χ1v) is 33.1. The Balaban J connectivity index is 1.11. The molecule has 2 fully saturated rings. The molecular formula is C76H96N10O10. The van der Waals surface area contributed by atoms with E-state index in [0.717, 1.165) is 29.1 Å². The van der Waals surface area contributed by atoms with Gasteiger partial charge in [0.1, 0.15) is 29.0 Å². The van der Waals surface area contributed by atoms with E-state index in [1.807, 2.05) is 55.5 Å². The van der Waals surface area contributed by atoms with E-state index in [-0.39, 0.29) is 58.9 Å². The van der Waals surface area contributed by atoms with Crippen LogP contribution in [0.25, 0.3) is 12.2 Å². The number of anilines is 6. The third-order valence-corrected chi connectivity index (χ3v) is 16.5. The molecule has 2 saturated heterocycles. The summed E-state index contributed by atoms with van der Waals surface area (Å²) in [5.41, 5.74) is 10.7. The largest absolute Gasteiger partial charge is 0.444 e. The lowest BCUT2D eigenvalue weighted by atomic mass is 10.0. The third kappa shape index (κ3) is 20.9. The second-order valence-corrected chi connectivity index (χ2v) is 27.0. The molecule has 0 aliphatic carbocycles. The van der Waals surface area contributed by atoms with Crippen molar-refractivity contribution < 1.29 is 47.7 Å². The van der Waals surface area contributed by atoms with Crippen molar-refractivity contribution in [2.24, 2.45) is 0 Å². The number of hydrogen-bond acceptors (Lipinski definition) is 14. The van der Waals surface area contributed by atoms with E-state index in [1.165, 1.54) is 17.1 Å². The fourth-order valence-corrected chi connectivity index (χ4v) is 11.1. The van der Waals surface area contributed by atoms with E-state index >= 15 is 4.79 Å². The average Bonchev–Trinajstić information content (AvgIpc) is 0.903. The first-order chi connectivity index (χ1) is 45.7. The molecule has 20 heteroatoms. The Morgan fingerprint density at radius 3 is 1.56 bits per heavy atom. The minimum absolute atomic E-state index is 0.0869. The number of ether oxygens (including phenoxy) is 4. The zero-order chi connectivity index (χ0) is 69.3. The molecule has 2 aliphatic rings. The smallest absolute Gasteiger partial charge is 0.419 e. The van der Waals surface area contributed by atoms with Crippen molar-refractivity contribution in [2.75, 3.05) is 97.6 Å². The first-order valence-electron chi connectivity index (χ1n) is 33.1. The van der Waals surface area contributed by atoms with E-state index < -0.39 is 53.2 Å². The van der Waals surface area contributed by atoms with Crippen LogP contribution in [0.2, 0.25) is 0 Å². The van der Waals surface area contributed by atoms with Crippen LogP contribution in [0.4, 0.5) is 43.7 Å². The molecule has 2 aliphatic heterocycles. The molecule has 0 spiro atoms. The fourth-order valence-electron chi connectivity index (χ4n) is 11.1. The van der Waals surface area contributed by atoms with Gasteiger partial charge in [0.25, 0.3) is 11.8 Å². The van der Waals surface area contributed by atoms with Gasteiger partial charge in [-0.3, -0.25) is 33.9 Å². The highest BCUT2D eigenvalue weighted by Gasteiger charge is 2.38. The van der Waals surface area contributed by atoms with Gasteiger partial charge < -0.3 is 51.3 Å². The summed E-state index contributed by atoms with van der Waals surface area (Å²) in [7, 11) is 0. The lowest BCUT2D eigenvalue weighted by Crippen LogP contribution is -2.52. The summed E-state index contributed by atoms with van der Waals surface area (Å²) in [5, 5.41) is 15.5. The number of hydrogen-bond donors (Lipinski definition) is 6. The molecule has 0 bridgehead atoms. The lowest BCUT2D eigenvalue weighted by Gasteiger charge is -2.38. The Labute approximate surface area is 565 Å². The van der Waals surface area contributed by atoms with Gasteiger partial charge in [0, 0.05) is 68.8 Å². The van der Waals surface area contributed by atoms with Gasteiger partial charge in [-0.15, -0.1) is 0 Å². The number of carbonyl (C=O) groups excluding carboxylic acids is 6. The monoisotopic (exact) mass is 1310 g/mol. The fraction of sp³-hybridized carbons (Fsp3) is 0.395. The van der Waals surface area contributed by atoms with Gasteiger partial charge in [-0.2, -0.15) is 0 Å². The lowest BCUT2D eigenvalue weighted by molar-refractivity contribution is -0.122. The maximum absolute atomic E-state index is 15.1. The number of morpholine rings is 2. The van der Waals surface area contributed by atoms with Crippen LogP contribution in [0.5, 0.6) is 0 Å². The molecule has 6 aromatic rings. The van der Waals surface area contributed by atoms with Crippen LogP contribution < -0.4 is 37.2 Å². The van der Waals surface area contributed by atoms with Gasteiger partial charge in [0.15, 0.2) is 0 Å². The van der Waals surface area contributed by atoms with Crippen molar-refractivity contribution in [3.63, 3.8) is 0 Å². The number of amides is 6. The summed E-state index contributed by atoms with van der Waals surface area (Å²) in [6.45, 7) is 28.9. The topological polar surface area (TPSA) is 238 Å². The number of nitrogen functional groups attached to an aromatic ring is 1. The van der Waals surface area contributed by atoms with Crippen molar-refractivity contribution in [3.8, 4) is 0 Å². The minimum Gasteiger partial charge on any atom is -0.444 e. The number of para-hydroxylation sites is 4. The summed E-state index contributed by atoms with van der Waals surface area (Å²) in [5.74, 6) is -1.45. The van der Waals surface area contributed by atoms with Crippen molar-refractivity contribution >= 4 is 82.1 Å². The van der Waals surface area contributed by atoms with Crippen LogP contribution in [-0.2, 0) is 38.1 Å². The van der Waals surface area contributed by atoms with E-state index in [1.54, 1.807) is 145 Å².